The molecule has 5 nitrogen and oxygen atoms in total. The van der Waals surface area contributed by atoms with E-state index in [-0.39, 0.29) is 5.91 Å². The molecular formula is C12H12BrN3O2S2. The number of carbonyl (C=O) groups excluding carboxylic acids is 1. The lowest BCUT2D eigenvalue weighted by Crippen LogP contribution is -2.30. The molecule has 0 aliphatic heterocycles. The van der Waals surface area contributed by atoms with Crippen LogP contribution in [0.3, 0.4) is 0 Å². The minimum Gasteiger partial charge on any atom is -0.481 e. The highest BCUT2D eigenvalue weighted by Gasteiger charge is 2.16. The molecule has 1 aromatic heterocycles. The quantitative estimate of drug-likeness (QED) is 0.642. The highest BCUT2D eigenvalue weighted by Crippen LogP contribution is 2.23. The predicted molar refractivity (Wildman–Crippen MR) is 84.6 cm³/mol. The summed E-state index contributed by atoms with van der Waals surface area (Å²) in [5.74, 6) is 0.384. The maximum Gasteiger partial charge on any atom is 0.266 e. The number of amides is 1. The minimum absolute atomic E-state index is 0.253. The second-order valence-electron chi connectivity index (χ2n) is 3.78. The van der Waals surface area contributed by atoms with E-state index in [4.69, 9.17) is 4.74 Å². The molecule has 2 aromatic rings. The summed E-state index contributed by atoms with van der Waals surface area (Å²) in [6, 6.07) is 7.31. The maximum absolute atomic E-state index is 12.0. The molecule has 1 aromatic carbocycles. The number of halogens is 1. The first-order valence-electron chi connectivity index (χ1n) is 5.69. The van der Waals surface area contributed by atoms with Gasteiger partial charge in [-0.2, -0.15) is 0 Å². The lowest BCUT2D eigenvalue weighted by Gasteiger charge is -2.13. The van der Waals surface area contributed by atoms with Gasteiger partial charge in [-0.25, -0.2) is 0 Å². The van der Waals surface area contributed by atoms with Crippen molar-refractivity contribution in [1.29, 1.82) is 0 Å². The van der Waals surface area contributed by atoms with Crippen molar-refractivity contribution in [3.05, 3.63) is 28.7 Å². The number of anilines is 1. The molecule has 0 aliphatic carbocycles. The monoisotopic (exact) mass is 373 g/mol. The van der Waals surface area contributed by atoms with E-state index in [0.717, 1.165) is 8.81 Å². The zero-order chi connectivity index (χ0) is 14.5. The topological polar surface area (TPSA) is 64.1 Å². The average molecular weight is 374 g/mol. The van der Waals surface area contributed by atoms with Crippen LogP contribution in [0.4, 0.5) is 5.13 Å². The fraction of sp³-hybridized carbons (Fsp3) is 0.250. The van der Waals surface area contributed by atoms with Gasteiger partial charge in [-0.15, -0.1) is 10.2 Å². The largest absolute Gasteiger partial charge is 0.481 e. The summed E-state index contributed by atoms with van der Waals surface area (Å²) in [5, 5.41) is 11.0. The van der Waals surface area contributed by atoms with Gasteiger partial charge in [0, 0.05) is 4.47 Å². The minimum atomic E-state index is -0.613. The van der Waals surface area contributed by atoms with Crippen molar-refractivity contribution >= 4 is 50.1 Å². The molecule has 0 unspecified atom stereocenters. The normalized spacial score (nSPS) is 11.9. The number of aromatic nitrogens is 2. The van der Waals surface area contributed by atoms with E-state index in [9.17, 15) is 4.79 Å². The van der Waals surface area contributed by atoms with Crippen molar-refractivity contribution in [2.75, 3.05) is 11.6 Å². The molecule has 2 rings (SSSR count). The van der Waals surface area contributed by atoms with Crippen LogP contribution in [0.1, 0.15) is 6.92 Å². The van der Waals surface area contributed by atoms with Crippen LogP contribution in [-0.2, 0) is 4.79 Å². The molecule has 8 heteroatoms. The summed E-state index contributed by atoms with van der Waals surface area (Å²) in [7, 11) is 0. The number of thioether (sulfide) groups is 1. The second-order valence-corrected chi connectivity index (χ2v) is 6.73. The summed E-state index contributed by atoms with van der Waals surface area (Å²) in [4.78, 5) is 12.0. The van der Waals surface area contributed by atoms with Gasteiger partial charge in [-0.3, -0.25) is 10.1 Å². The van der Waals surface area contributed by atoms with Crippen LogP contribution in [-0.4, -0.2) is 28.5 Å². The number of hydrogen-bond acceptors (Lipinski definition) is 6. The molecule has 0 saturated heterocycles. The molecule has 0 spiro atoms. The Bertz CT molecular complexity index is 589. The molecule has 1 atom stereocenters. The summed E-state index contributed by atoms with van der Waals surface area (Å²) in [6.07, 6.45) is 1.29. The first-order chi connectivity index (χ1) is 9.58. The Kier molecular flexibility index (Phi) is 5.38. The van der Waals surface area contributed by atoms with Crippen LogP contribution in [0.2, 0.25) is 0 Å². The number of rotatable bonds is 5. The number of ether oxygens (including phenoxy) is 1. The summed E-state index contributed by atoms with van der Waals surface area (Å²) in [6.45, 7) is 1.69. The molecular weight excluding hydrogens is 362 g/mol. The second kappa shape index (κ2) is 7.05. The Morgan fingerprint density at radius 3 is 2.70 bits per heavy atom. The fourth-order valence-electron chi connectivity index (χ4n) is 1.32. The molecule has 106 valence electrons. The van der Waals surface area contributed by atoms with E-state index in [0.29, 0.717) is 10.9 Å². The highest BCUT2D eigenvalue weighted by molar-refractivity contribution is 9.10. The number of carbonyl (C=O) groups is 1. The molecule has 0 radical (unpaired) electrons. The number of nitrogens with zero attached hydrogens (tertiary/aromatic N) is 2. The first-order valence-corrected chi connectivity index (χ1v) is 8.52. The van der Waals surface area contributed by atoms with E-state index in [1.165, 1.54) is 23.1 Å². The van der Waals surface area contributed by atoms with Crippen molar-refractivity contribution < 1.29 is 9.53 Å². The van der Waals surface area contributed by atoms with E-state index in [1.807, 2.05) is 18.4 Å². The Hall–Kier alpha value is -1.12. The third-order valence-corrected chi connectivity index (χ3v) is 4.65. The Morgan fingerprint density at radius 1 is 1.40 bits per heavy atom. The van der Waals surface area contributed by atoms with Gasteiger partial charge in [0.15, 0.2) is 10.4 Å². The number of hydrogen-bond donors (Lipinski definition) is 1. The molecule has 1 heterocycles. The van der Waals surface area contributed by atoms with E-state index in [1.54, 1.807) is 19.1 Å². The van der Waals surface area contributed by atoms with E-state index >= 15 is 0 Å². The Labute approximate surface area is 133 Å². The van der Waals surface area contributed by atoms with Crippen molar-refractivity contribution in [3.63, 3.8) is 0 Å². The van der Waals surface area contributed by atoms with Gasteiger partial charge < -0.3 is 4.74 Å². The van der Waals surface area contributed by atoms with Gasteiger partial charge in [0.25, 0.3) is 5.91 Å². The van der Waals surface area contributed by atoms with Gasteiger partial charge in [0.2, 0.25) is 5.13 Å². The van der Waals surface area contributed by atoms with Crippen molar-refractivity contribution in [3.8, 4) is 5.75 Å². The lowest BCUT2D eigenvalue weighted by molar-refractivity contribution is -0.122. The summed E-state index contributed by atoms with van der Waals surface area (Å²) in [5.41, 5.74) is 0. The van der Waals surface area contributed by atoms with E-state index < -0.39 is 6.10 Å². The molecule has 1 amide bonds. The van der Waals surface area contributed by atoms with Gasteiger partial charge in [0.1, 0.15) is 5.75 Å². The van der Waals surface area contributed by atoms with Crippen LogP contribution in [0.5, 0.6) is 5.75 Å². The smallest absolute Gasteiger partial charge is 0.266 e. The molecule has 1 N–H and O–H groups in total. The molecule has 0 bridgehead atoms. The standard InChI is InChI=1S/C12H12BrN3O2S2/c1-7(18-9-5-3-8(13)4-6-9)10(17)14-11-15-16-12(19-2)20-11/h3-7H,1-2H3,(H,14,15,17)/t7-/m0/s1. The molecule has 20 heavy (non-hydrogen) atoms. The predicted octanol–water partition coefficient (Wildman–Crippen LogP) is 3.43. The Morgan fingerprint density at radius 2 is 2.10 bits per heavy atom. The maximum atomic E-state index is 12.0. The van der Waals surface area contributed by atoms with Crippen LogP contribution in [0, 0.1) is 0 Å². The van der Waals surface area contributed by atoms with Gasteiger partial charge >= 0.3 is 0 Å². The van der Waals surface area contributed by atoms with E-state index in [2.05, 4.69) is 31.4 Å². The molecule has 0 saturated carbocycles. The fourth-order valence-corrected chi connectivity index (χ4v) is 2.76. The average Bonchev–Trinajstić information content (AvgIpc) is 2.89. The van der Waals surface area contributed by atoms with Gasteiger partial charge in [-0.1, -0.05) is 39.0 Å². The number of benzene rings is 1. The Balaban J connectivity index is 1.93. The SMILES string of the molecule is CSc1nnc(NC(=O)[C@H](C)Oc2ccc(Br)cc2)s1. The van der Waals surface area contributed by atoms with Crippen molar-refractivity contribution in [1.82, 2.24) is 10.2 Å². The molecule has 0 fully saturated rings. The van der Waals surface area contributed by atoms with Gasteiger partial charge in [-0.05, 0) is 37.4 Å². The summed E-state index contributed by atoms with van der Waals surface area (Å²) < 4.78 is 7.32. The van der Waals surface area contributed by atoms with Crippen molar-refractivity contribution in [2.24, 2.45) is 0 Å². The summed E-state index contributed by atoms with van der Waals surface area (Å²) >= 11 is 6.16. The zero-order valence-corrected chi connectivity index (χ0v) is 14.0. The van der Waals surface area contributed by atoms with Crippen molar-refractivity contribution in [2.45, 2.75) is 17.4 Å². The van der Waals surface area contributed by atoms with Crippen LogP contribution < -0.4 is 10.1 Å². The highest BCUT2D eigenvalue weighted by atomic mass is 79.9. The van der Waals surface area contributed by atoms with Crippen LogP contribution >= 0.6 is 39.0 Å². The third kappa shape index (κ3) is 4.19. The molecule has 0 aliphatic rings. The van der Waals surface area contributed by atoms with Crippen LogP contribution in [0.25, 0.3) is 0 Å². The lowest BCUT2D eigenvalue weighted by atomic mass is 10.3. The van der Waals surface area contributed by atoms with Gasteiger partial charge in [0.05, 0.1) is 0 Å². The number of nitrogens with one attached hydrogen (secondary N) is 1. The zero-order valence-electron chi connectivity index (χ0n) is 10.8. The van der Waals surface area contributed by atoms with Crippen LogP contribution in [0.15, 0.2) is 33.1 Å². The third-order valence-electron chi connectivity index (χ3n) is 2.31. The first kappa shape index (κ1) is 15.3.